The van der Waals surface area contributed by atoms with E-state index in [1.807, 2.05) is 47.3 Å². The van der Waals surface area contributed by atoms with Crippen LogP contribution in [0.4, 0.5) is 0 Å². The molecule has 1 aromatic carbocycles. The third kappa shape index (κ3) is 2.62. The zero-order valence-electron chi connectivity index (χ0n) is 11.1. The van der Waals surface area contributed by atoms with Gasteiger partial charge in [-0.05, 0) is 30.5 Å². The van der Waals surface area contributed by atoms with Crippen LogP contribution in [0.15, 0.2) is 42.6 Å². The van der Waals surface area contributed by atoms with Crippen LogP contribution in [0.2, 0.25) is 0 Å². The van der Waals surface area contributed by atoms with E-state index in [2.05, 4.69) is 18.9 Å². The first kappa shape index (κ1) is 12.8. The minimum absolute atomic E-state index is 0.0349. The first-order valence-corrected chi connectivity index (χ1v) is 6.59. The highest BCUT2D eigenvalue weighted by atomic mass is 15.3. The molecule has 1 aromatic heterocycles. The Balaban J connectivity index is 2.28. The van der Waals surface area contributed by atoms with E-state index in [0.717, 1.165) is 24.2 Å². The van der Waals surface area contributed by atoms with Gasteiger partial charge in [0.05, 0.1) is 11.4 Å². The second-order valence-electron chi connectivity index (χ2n) is 4.80. The van der Waals surface area contributed by atoms with E-state index in [1.165, 1.54) is 0 Å². The maximum absolute atomic E-state index is 6.35. The van der Waals surface area contributed by atoms with Crippen LogP contribution in [-0.2, 0) is 0 Å². The lowest BCUT2D eigenvalue weighted by atomic mass is 9.95. The van der Waals surface area contributed by atoms with Crippen molar-refractivity contribution < 1.29 is 0 Å². The van der Waals surface area contributed by atoms with Crippen molar-refractivity contribution in [2.75, 3.05) is 0 Å². The average Bonchev–Trinajstić information content (AvgIpc) is 2.88. The molecule has 3 heteroatoms. The summed E-state index contributed by atoms with van der Waals surface area (Å²) in [6, 6.07) is 12.2. The Morgan fingerprint density at radius 1 is 1.22 bits per heavy atom. The van der Waals surface area contributed by atoms with Crippen LogP contribution in [0.5, 0.6) is 0 Å². The van der Waals surface area contributed by atoms with Crippen molar-refractivity contribution in [1.82, 2.24) is 9.78 Å². The van der Waals surface area contributed by atoms with Gasteiger partial charge in [-0.25, -0.2) is 4.68 Å². The average molecular weight is 243 g/mol. The van der Waals surface area contributed by atoms with E-state index in [0.29, 0.717) is 5.92 Å². The van der Waals surface area contributed by atoms with Crippen LogP contribution in [0, 0.1) is 5.92 Å². The monoisotopic (exact) mass is 243 g/mol. The van der Waals surface area contributed by atoms with E-state index >= 15 is 0 Å². The molecule has 2 aromatic rings. The molecule has 0 amide bonds. The molecule has 18 heavy (non-hydrogen) atoms. The van der Waals surface area contributed by atoms with Crippen LogP contribution < -0.4 is 5.73 Å². The molecule has 0 radical (unpaired) electrons. The SMILES string of the molecule is CCCC(C)C(N)c1ccnn1-c1ccccc1. The summed E-state index contributed by atoms with van der Waals surface area (Å²) >= 11 is 0. The van der Waals surface area contributed by atoms with Crippen molar-refractivity contribution in [2.24, 2.45) is 11.7 Å². The quantitative estimate of drug-likeness (QED) is 0.875. The lowest BCUT2D eigenvalue weighted by molar-refractivity contribution is 0.419. The van der Waals surface area contributed by atoms with Gasteiger partial charge in [0.1, 0.15) is 0 Å². The number of benzene rings is 1. The Morgan fingerprint density at radius 3 is 2.61 bits per heavy atom. The predicted octanol–water partition coefficient (Wildman–Crippen LogP) is 3.31. The summed E-state index contributed by atoms with van der Waals surface area (Å²) in [5, 5.41) is 4.39. The molecule has 2 unspecified atom stereocenters. The number of para-hydroxylation sites is 1. The molecule has 0 saturated heterocycles. The standard InChI is InChI=1S/C15H21N3/c1-3-7-12(2)15(16)14-10-11-17-18(14)13-8-5-4-6-9-13/h4-6,8-12,15H,3,7,16H2,1-2H3. The van der Waals surface area contributed by atoms with Gasteiger partial charge in [-0.3, -0.25) is 0 Å². The summed E-state index contributed by atoms with van der Waals surface area (Å²) in [4.78, 5) is 0. The lowest BCUT2D eigenvalue weighted by Gasteiger charge is -2.20. The van der Waals surface area contributed by atoms with Gasteiger partial charge in [0.25, 0.3) is 0 Å². The van der Waals surface area contributed by atoms with Crippen LogP contribution in [-0.4, -0.2) is 9.78 Å². The molecular weight excluding hydrogens is 222 g/mol. The molecule has 3 nitrogen and oxygen atoms in total. The fourth-order valence-electron chi connectivity index (χ4n) is 2.28. The normalized spacial score (nSPS) is 14.4. The Morgan fingerprint density at radius 2 is 1.94 bits per heavy atom. The number of hydrogen-bond donors (Lipinski definition) is 1. The summed E-state index contributed by atoms with van der Waals surface area (Å²) in [7, 11) is 0. The maximum atomic E-state index is 6.35. The largest absolute Gasteiger partial charge is 0.322 e. The van der Waals surface area contributed by atoms with Crippen LogP contribution in [0.25, 0.3) is 5.69 Å². The van der Waals surface area contributed by atoms with Gasteiger partial charge in [-0.15, -0.1) is 0 Å². The van der Waals surface area contributed by atoms with Crippen LogP contribution in [0.1, 0.15) is 38.4 Å². The molecule has 0 aliphatic heterocycles. The van der Waals surface area contributed by atoms with E-state index in [-0.39, 0.29) is 6.04 Å². The molecule has 2 N–H and O–H groups in total. The molecule has 0 saturated carbocycles. The summed E-state index contributed by atoms with van der Waals surface area (Å²) in [6.45, 7) is 4.40. The van der Waals surface area contributed by atoms with Gasteiger partial charge in [-0.2, -0.15) is 5.10 Å². The number of aromatic nitrogens is 2. The number of hydrogen-bond acceptors (Lipinski definition) is 2. The highest BCUT2D eigenvalue weighted by Gasteiger charge is 2.18. The van der Waals surface area contributed by atoms with Crippen LogP contribution >= 0.6 is 0 Å². The lowest BCUT2D eigenvalue weighted by Crippen LogP contribution is -2.22. The number of rotatable bonds is 5. The maximum Gasteiger partial charge on any atom is 0.0649 e. The molecule has 0 spiro atoms. The molecule has 0 bridgehead atoms. The molecule has 1 heterocycles. The molecule has 2 atom stereocenters. The van der Waals surface area contributed by atoms with Gasteiger partial charge >= 0.3 is 0 Å². The van der Waals surface area contributed by atoms with E-state index in [4.69, 9.17) is 5.73 Å². The fourth-order valence-corrected chi connectivity index (χ4v) is 2.28. The predicted molar refractivity (Wildman–Crippen MR) is 74.6 cm³/mol. The van der Waals surface area contributed by atoms with Gasteiger partial charge < -0.3 is 5.73 Å². The highest BCUT2D eigenvalue weighted by molar-refractivity contribution is 5.33. The molecule has 0 aliphatic carbocycles. The molecule has 0 aliphatic rings. The van der Waals surface area contributed by atoms with Crippen molar-refractivity contribution in [3.8, 4) is 5.69 Å². The molecule has 96 valence electrons. The van der Waals surface area contributed by atoms with Gasteiger partial charge in [-0.1, -0.05) is 38.5 Å². The van der Waals surface area contributed by atoms with E-state index in [9.17, 15) is 0 Å². The molecular formula is C15H21N3. The second kappa shape index (κ2) is 5.83. The first-order valence-electron chi connectivity index (χ1n) is 6.59. The summed E-state index contributed by atoms with van der Waals surface area (Å²) in [5.41, 5.74) is 8.50. The van der Waals surface area contributed by atoms with Gasteiger partial charge in [0.15, 0.2) is 0 Å². The van der Waals surface area contributed by atoms with Crippen molar-refractivity contribution in [3.05, 3.63) is 48.3 Å². The van der Waals surface area contributed by atoms with Gasteiger partial charge in [0.2, 0.25) is 0 Å². The fraction of sp³-hybridized carbons (Fsp3) is 0.400. The Labute approximate surface area is 109 Å². The minimum Gasteiger partial charge on any atom is -0.322 e. The van der Waals surface area contributed by atoms with Crippen molar-refractivity contribution in [3.63, 3.8) is 0 Å². The summed E-state index contributed by atoms with van der Waals surface area (Å²) in [6.07, 6.45) is 4.12. The Kier molecular flexibility index (Phi) is 4.15. The van der Waals surface area contributed by atoms with Crippen molar-refractivity contribution in [1.29, 1.82) is 0 Å². The topological polar surface area (TPSA) is 43.8 Å². The van der Waals surface area contributed by atoms with E-state index in [1.54, 1.807) is 0 Å². The smallest absolute Gasteiger partial charge is 0.0649 e. The third-order valence-corrected chi connectivity index (χ3v) is 3.37. The molecule has 0 fully saturated rings. The summed E-state index contributed by atoms with van der Waals surface area (Å²) < 4.78 is 1.94. The summed E-state index contributed by atoms with van der Waals surface area (Å²) in [5.74, 6) is 0.467. The Hall–Kier alpha value is -1.61. The first-order chi connectivity index (χ1) is 8.74. The zero-order chi connectivity index (χ0) is 13.0. The number of nitrogens with two attached hydrogens (primary N) is 1. The zero-order valence-corrected chi connectivity index (χ0v) is 11.1. The van der Waals surface area contributed by atoms with Crippen LogP contribution in [0.3, 0.4) is 0 Å². The Bertz CT molecular complexity index is 475. The van der Waals surface area contributed by atoms with Crippen molar-refractivity contribution >= 4 is 0 Å². The minimum atomic E-state index is 0.0349. The third-order valence-electron chi connectivity index (χ3n) is 3.37. The van der Waals surface area contributed by atoms with E-state index < -0.39 is 0 Å². The number of nitrogens with zero attached hydrogens (tertiary/aromatic N) is 2. The molecule has 2 rings (SSSR count). The second-order valence-corrected chi connectivity index (χ2v) is 4.80. The highest BCUT2D eigenvalue weighted by Crippen LogP contribution is 2.24. The van der Waals surface area contributed by atoms with Crippen molar-refractivity contribution in [2.45, 2.75) is 32.7 Å². The van der Waals surface area contributed by atoms with Gasteiger partial charge in [0, 0.05) is 12.2 Å².